The lowest BCUT2D eigenvalue weighted by molar-refractivity contribution is 0.401. The van der Waals surface area contributed by atoms with Crippen LogP contribution in [0.25, 0.3) is 0 Å². The van der Waals surface area contributed by atoms with E-state index in [-0.39, 0.29) is 16.2 Å². The third-order valence-electron chi connectivity index (χ3n) is 1.83. The largest absolute Gasteiger partial charge is 0.494 e. The zero-order chi connectivity index (χ0) is 11.6. The topological polar surface area (TPSA) is 93.2 Å². The number of nitrogens with two attached hydrogens (primary N) is 1. The molecule has 0 aliphatic carbocycles. The predicted octanol–water partition coefficient (Wildman–Crippen LogP) is 0.523. The van der Waals surface area contributed by atoms with Crippen molar-refractivity contribution < 1.29 is 13.2 Å². The Kier molecular flexibility index (Phi) is 2.98. The normalized spacial score (nSPS) is 10.8. The predicted molar refractivity (Wildman–Crippen MR) is 53.8 cm³/mol. The Hall–Kier alpha value is -1.58. The number of aryl methyl sites for hydroxylation is 1. The minimum absolute atomic E-state index is 0.00870. The number of methoxy groups -OCH3 is 1. The maximum atomic E-state index is 11.2. The summed E-state index contributed by atoms with van der Waals surface area (Å²) >= 11 is 0. The van der Waals surface area contributed by atoms with E-state index in [1.54, 1.807) is 6.92 Å². The smallest absolute Gasteiger partial charge is 0.241 e. The quantitative estimate of drug-likeness (QED) is 0.795. The highest BCUT2D eigenvalue weighted by molar-refractivity contribution is 7.89. The summed E-state index contributed by atoms with van der Waals surface area (Å²) in [6, 6.07) is 4.76. The van der Waals surface area contributed by atoms with Crippen LogP contribution < -0.4 is 9.88 Å². The molecule has 80 valence electrons. The molecule has 2 N–H and O–H groups in total. The molecule has 0 bridgehead atoms. The number of nitriles is 1. The summed E-state index contributed by atoms with van der Waals surface area (Å²) in [5.41, 5.74) is 0.790. The van der Waals surface area contributed by atoms with Gasteiger partial charge >= 0.3 is 0 Å². The minimum atomic E-state index is -3.88. The Balaban J connectivity index is 3.66. The molecular formula is C9H10N2O3S. The summed E-state index contributed by atoms with van der Waals surface area (Å²) in [4.78, 5) is -0.165. The van der Waals surface area contributed by atoms with Crippen molar-refractivity contribution in [1.82, 2.24) is 0 Å². The molecular weight excluding hydrogens is 216 g/mol. The fourth-order valence-electron chi connectivity index (χ4n) is 1.24. The van der Waals surface area contributed by atoms with E-state index >= 15 is 0 Å². The highest BCUT2D eigenvalue weighted by atomic mass is 32.2. The van der Waals surface area contributed by atoms with Gasteiger partial charge in [0, 0.05) is 0 Å². The van der Waals surface area contributed by atoms with Crippen molar-refractivity contribution in [2.45, 2.75) is 11.8 Å². The average molecular weight is 226 g/mol. The molecule has 0 saturated carbocycles. The highest BCUT2D eigenvalue weighted by Crippen LogP contribution is 2.28. The van der Waals surface area contributed by atoms with E-state index < -0.39 is 10.0 Å². The van der Waals surface area contributed by atoms with Gasteiger partial charge in [0.15, 0.2) is 5.75 Å². The molecule has 0 aliphatic heterocycles. The van der Waals surface area contributed by atoms with Gasteiger partial charge < -0.3 is 4.74 Å². The number of sulfonamides is 1. The minimum Gasteiger partial charge on any atom is -0.494 e. The van der Waals surface area contributed by atoms with Crippen LogP contribution in [0.3, 0.4) is 0 Å². The lowest BCUT2D eigenvalue weighted by atomic mass is 10.1. The lowest BCUT2D eigenvalue weighted by Gasteiger charge is -2.09. The Morgan fingerprint density at radius 3 is 2.47 bits per heavy atom. The van der Waals surface area contributed by atoms with Gasteiger partial charge in [0.05, 0.1) is 12.7 Å². The molecule has 0 unspecified atom stereocenters. The first-order chi connectivity index (χ1) is 6.90. The maximum absolute atomic E-state index is 11.2. The second-order valence-corrected chi connectivity index (χ2v) is 4.53. The molecule has 15 heavy (non-hydrogen) atoms. The molecule has 0 aliphatic rings. The van der Waals surface area contributed by atoms with Crippen LogP contribution in [-0.4, -0.2) is 15.5 Å². The fraction of sp³-hybridized carbons (Fsp3) is 0.222. The number of benzene rings is 1. The highest BCUT2D eigenvalue weighted by Gasteiger charge is 2.18. The van der Waals surface area contributed by atoms with Crippen LogP contribution in [0.1, 0.15) is 11.1 Å². The molecule has 0 spiro atoms. The molecule has 0 aromatic heterocycles. The van der Waals surface area contributed by atoms with Crippen LogP contribution in [-0.2, 0) is 10.0 Å². The molecule has 1 rings (SSSR count). The molecule has 0 saturated heterocycles. The Morgan fingerprint density at radius 1 is 1.47 bits per heavy atom. The Bertz CT molecular complexity index is 529. The summed E-state index contributed by atoms with van der Waals surface area (Å²) in [5, 5.41) is 13.8. The van der Waals surface area contributed by atoms with E-state index in [1.165, 1.54) is 19.2 Å². The Labute approximate surface area is 88.1 Å². The Morgan fingerprint density at radius 2 is 2.07 bits per heavy atom. The van der Waals surface area contributed by atoms with Crippen molar-refractivity contribution in [1.29, 1.82) is 5.26 Å². The zero-order valence-electron chi connectivity index (χ0n) is 8.31. The molecule has 1 aromatic carbocycles. The van der Waals surface area contributed by atoms with Crippen LogP contribution in [0, 0.1) is 18.3 Å². The number of ether oxygens (including phenoxy) is 1. The maximum Gasteiger partial charge on any atom is 0.241 e. The molecule has 5 nitrogen and oxygen atoms in total. The van der Waals surface area contributed by atoms with E-state index in [4.69, 9.17) is 15.1 Å². The van der Waals surface area contributed by atoms with Gasteiger partial charge in [-0.1, -0.05) is 0 Å². The number of primary sulfonamides is 1. The van der Waals surface area contributed by atoms with Crippen LogP contribution in [0.15, 0.2) is 17.0 Å². The lowest BCUT2D eigenvalue weighted by Crippen LogP contribution is -2.14. The molecule has 0 heterocycles. The first-order valence-electron chi connectivity index (χ1n) is 4.01. The van der Waals surface area contributed by atoms with Crippen molar-refractivity contribution in [2.75, 3.05) is 7.11 Å². The molecule has 6 heteroatoms. The van der Waals surface area contributed by atoms with Crippen LogP contribution in [0.4, 0.5) is 0 Å². The number of nitrogens with zero attached hydrogens (tertiary/aromatic N) is 1. The van der Waals surface area contributed by atoms with E-state index in [2.05, 4.69) is 0 Å². The first kappa shape index (κ1) is 11.5. The second-order valence-electron chi connectivity index (χ2n) is 3.00. The van der Waals surface area contributed by atoms with Crippen LogP contribution >= 0.6 is 0 Å². The van der Waals surface area contributed by atoms with E-state index in [0.29, 0.717) is 5.56 Å². The molecule has 0 atom stereocenters. The van der Waals surface area contributed by atoms with Crippen molar-refractivity contribution in [3.8, 4) is 11.8 Å². The van der Waals surface area contributed by atoms with Crippen LogP contribution in [0.2, 0.25) is 0 Å². The van der Waals surface area contributed by atoms with Crippen molar-refractivity contribution >= 4 is 10.0 Å². The van der Waals surface area contributed by atoms with Crippen LogP contribution in [0.5, 0.6) is 5.75 Å². The summed E-state index contributed by atoms with van der Waals surface area (Å²) in [7, 11) is -2.58. The summed E-state index contributed by atoms with van der Waals surface area (Å²) in [5.74, 6) is -0.00870. The number of rotatable bonds is 2. The van der Waals surface area contributed by atoms with Crippen molar-refractivity contribution in [3.63, 3.8) is 0 Å². The van der Waals surface area contributed by atoms with E-state index in [1.807, 2.05) is 6.07 Å². The second kappa shape index (κ2) is 3.88. The summed E-state index contributed by atoms with van der Waals surface area (Å²) in [6.07, 6.45) is 0. The summed E-state index contributed by atoms with van der Waals surface area (Å²) < 4.78 is 27.3. The van der Waals surface area contributed by atoms with Crippen molar-refractivity contribution in [3.05, 3.63) is 23.3 Å². The molecule has 1 aromatic rings. The third-order valence-corrected chi connectivity index (χ3v) is 2.75. The average Bonchev–Trinajstić information content (AvgIpc) is 2.15. The number of hydrogen-bond acceptors (Lipinski definition) is 4. The standard InChI is InChI=1S/C9H10N2O3S/c1-6-3-7(5-10)9(14-2)8(4-6)15(11,12)13/h3-4H,1-2H3,(H2,11,12,13). The van der Waals surface area contributed by atoms with E-state index in [9.17, 15) is 8.42 Å². The van der Waals surface area contributed by atoms with Gasteiger partial charge in [0.2, 0.25) is 10.0 Å². The SMILES string of the molecule is COc1c(C#N)cc(C)cc1S(N)(=O)=O. The van der Waals surface area contributed by atoms with Gasteiger partial charge in [-0.25, -0.2) is 13.6 Å². The van der Waals surface area contributed by atoms with Gasteiger partial charge in [-0.05, 0) is 24.6 Å². The first-order valence-corrected chi connectivity index (χ1v) is 5.56. The summed E-state index contributed by atoms with van der Waals surface area (Å²) in [6.45, 7) is 1.68. The van der Waals surface area contributed by atoms with Crippen molar-refractivity contribution in [2.24, 2.45) is 5.14 Å². The van der Waals surface area contributed by atoms with Gasteiger partial charge in [-0.2, -0.15) is 5.26 Å². The zero-order valence-corrected chi connectivity index (χ0v) is 9.13. The van der Waals surface area contributed by atoms with Gasteiger partial charge in [-0.15, -0.1) is 0 Å². The third kappa shape index (κ3) is 2.26. The van der Waals surface area contributed by atoms with Gasteiger partial charge in [0.1, 0.15) is 11.0 Å². The number of hydrogen-bond donors (Lipinski definition) is 1. The van der Waals surface area contributed by atoms with E-state index in [0.717, 1.165) is 0 Å². The van der Waals surface area contributed by atoms with Gasteiger partial charge in [0.25, 0.3) is 0 Å². The fourth-order valence-corrected chi connectivity index (χ4v) is 2.05. The van der Waals surface area contributed by atoms with Gasteiger partial charge in [-0.3, -0.25) is 0 Å². The molecule has 0 radical (unpaired) electrons. The monoisotopic (exact) mass is 226 g/mol. The molecule has 0 amide bonds. The molecule has 0 fully saturated rings.